The fourth-order valence-electron chi connectivity index (χ4n) is 2.31. The lowest BCUT2D eigenvalue weighted by atomic mass is 9.98. The van der Waals surface area contributed by atoms with Crippen molar-refractivity contribution in [3.05, 3.63) is 58.1 Å². The van der Waals surface area contributed by atoms with Gasteiger partial charge in [0.1, 0.15) is 0 Å². The van der Waals surface area contributed by atoms with E-state index in [0.29, 0.717) is 11.6 Å². The summed E-state index contributed by atoms with van der Waals surface area (Å²) in [6.07, 6.45) is 0. The lowest BCUT2D eigenvalue weighted by Crippen LogP contribution is -1.90. The Balaban J connectivity index is 2.19. The zero-order chi connectivity index (χ0) is 15.0. The van der Waals surface area contributed by atoms with E-state index in [1.54, 1.807) is 0 Å². The number of halogens is 1. The number of nitrogen functional groups attached to an aromatic ring is 1. The maximum Gasteiger partial charge on any atom is 0.176 e. The third-order valence-corrected chi connectivity index (χ3v) is 4.09. The first-order valence-corrected chi connectivity index (χ1v) is 7.44. The normalized spacial score (nSPS) is 10.8. The summed E-state index contributed by atoms with van der Waals surface area (Å²) < 4.78 is 6.45. The molecule has 0 fully saturated rings. The molecule has 2 N–H and O–H groups in total. The summed E-state index contributed by atoms with van der Waals surface area (Å²) in [6.45, 7) is 4.17. The molecule has 106 valence electrons. The number of rotatable bonds is 2. The van der Waals surface area contributed by atoms with Crippen LogP contribution in [0.5, 0.6) is 0 Å². The predicted molar refractivity (Wildman–Crippen MR) is 89.0 cm³/mol. The molecule has 0 saturated heterocycles. The topological polar surface area (TPSA) is 52.0 Å². The van der Waals surface area contributed by atoms with Gasteiger partial charge >= 0.3 is 0 Å². The van der Waals surface area contributed by atoms with Crippen LogP contribution >= 0.6 is 15.9 Å². The Labute approximate surface area is 131 Å². The van der Waals surface area contributed by atoms with Gasteiger partial charge in [0.25, 0.3) is 0 Å². The molecule has 4 heteroatoms. The smallest absolute Gasteiger partial charge is 0.176 e. The van der Waals surface area contributed by atoms with Crippen LogP contribution in [-0.4, -0.2) is 5.16 Å². The van der Waals surface area contributed by atoms with Crippen molar-refractivity contribution in [2.75, 3.05) is 5.73 Å². The molecule has 2 aromatic carbocycles. The highest BCUT2D eigenvalue weighted by molar-refractivity contribution is 9.10. The molecule has 0 radical (unpaired) electrons. The lowest BCUT2D eigenvalue weighted by molar-refractivity contribution is 0.436. The van der Waals surface area contributed by atoms with Crippen LogP contribution in [0.2, 0.25) is 0 Å². The van der Waals surface area contributed by atoms with Gasteiger partial charge in [-0.25, -0.2) is 0 Å². The molecule has 21 heavy (non-hydrogen) atoms. The number of hydrogen-bond acceptors (Lipinski definition) is 3. The molecule has 0 bridgehead atoms. The van der Waals surface area contributed by atoms with E-state index in [1.165, 1.54) is 11.1 Å². The van der Waals surface area contributed by atoms with Crippen molar-refractivity contribution >= 4 is 21.7 Å². The van der Waals surface area contributed by atoms with Gasteiger partial charge in [0, 0.05) is 10.0 Å². The van der Waals surface area contributed by atoms with E-state index < -0.39 is 0 Å². The van der Waals surface area contributed by atoms with E-state index in [1.807, 2.05) is 30.3 Å². The fourth-order valence-corrected chi connectivity index (χ4v) is 2.70. The molecule has 0 aliphatic heterocycles. The van der Waals surface area contributed by atoms with Gasteiger partial charge in [-0.2, -0.15) is 0 Å². The molecular weight excluding hydrogens is 328 g/mol. The maximum atomic E-state index is 6.02. The van der Waals surface area contributed by atoms with E-state index >= 15 is 0 Å². The van der Waals surface area contributed by atoms with E-state index in [0.717, 1.165) is 21.2 Å². The van der Waals surface area contributed by atoms with Crippen LogP contribution in [0, 0.1) is 13.8 Å². The second kappa shape index (κ2) is 5.37. The van der Waals surface area contributed by atoms with Gasteiger partial charge < -0.3 is 10.3 Å². The van der Waals surface area contributed by atoms with E-state index in [9.17, 15) is 0 Å². The van der Waals surface area contributed by atoms with Crippen LogP contribution in [0.15, 0.2) is 51.5 Å². The highest BCUT2D eigenvalue weighted by Gasteiger charge is 2.18. The molecule has 0 atom stereocenters. The molecular formula is C17H15BrN2O. The molecule has 0 saturated carbocycles. The fraction of sp³-hybridized carbons (Fsp3) is 0.118. The zero-order valence-corrected chi connectivity index (χ0v) is 13.4. The predicted octanol–water partition coefficient (Wildman–Crippen LogP) is 4.97. The Morgan fingerprint density at radius 1 is 1.00 bits per heavy atom. The Morgan fingerprint density at radius 3 is 2.52 bits per heavy atom. The summed E-state index contributed by atoms with van der Waals surface area (Å²) in [5, 5.41) is 3.94. The van der Waals surface area contributed by atoms with Crippen molar-refractivity contribution < 1.29 is 4.52 Å². The highest BCUT2D eigenvalue weighted by Crippen LogP contribution is 2.37. The van der Waals surface area contributed by atoms with Crippen LogP contribution in [0.25, 0.3) is 22.5 Å². The molecule has 0 unspecified atom stereocenters. The maximum absolute atomic E-state index is 6.02. The highest BCUT2D eigenvalue weighted by atomic mass is 79.9. The summed E-state index contributed by atoms with van der Waals surface area (Å²) in [6, 6.07) is 14.1. The van der Waals surface area contributed by atoms with E-state index in [2.05, 4.69) is 47.1 Å². The molecule has 1 heterocycles. The molecule has 3 rings (SSSR count). The van der Waals surface area contributed by atoms with E-state index in [4.69, 9.17) is 10.3 Å². The number of anilines is 1. The third-order valence-electron chi connectivity index (χ3n) is 3.60. The van der Waals surface area contributed by atoms with Crippen molar-refractivity contribution in [2.45, 2.75) is 13.8 Å². The largest absolute Gasteiger partial charge is 0.380 e. The first kappa shape index (κ1) is 13.9. The molecule has 1 aromatic heterocycles. The van der Waals surface area contributed by atoms with Crippen LogP contribution in [0.1, 0.15) is 11.1 Å². The van der Waals surface area contributed by atoms with Crippen LogP contribution in [0.4, 0.5) is 5.82 Å². The summed E-state index contributed by atoms with van der Waals surface area (Å²) in [5.41, 5.74) is 11.3. The van der Waals surface area contributed by atoms with Gasteiger partial charge in [-0.3, -0.25) is 0 Å². The quantitative estimate of drug-likeness (QED) is 0.715. The summed E-state index contributed by atoms with van der Waals surface area (Å²) in [7, 11) is 0. The van der Waals surface area contributed by atoms with Gasteiger partial charge in [0.15, 0.2) is 11.6 Å². The minimum absolute atomic E-state index is 0.410. The van der Waals surface area contributed by atoms with Crippen LogP contribution < -0.4 is 5.73 Å². The molecule has 3 aromatic rings. The summed E-state index contributed by atoms with van der Waals surface area (Å²) in [4.78, 5) is 0. The number of nitrogens with two attached hydrogens (primary N) is 1. The number of hydrogen-bond donors (Lipinski definition) is 1. The monoisotopic (exact) mass is 342 g/mol. The average Bonchev–Trinajstić information content (AvgIpc) is 2.84. The van der Waals surface area contributed by atoms with Gasteiger partial charge in [-0.15, -0.1) is 0 Å². The number of aromatic nitrogens is 1. The van der Waals surface area contributed by atoms with Crippen molar-refractivity contribution in [3.8, 4) is 22.5 Å². The average molecular weight is 343 g/mol. The van der Waals surface area contributed by atoms with Crippen LogP contribution in [0.3, 0.4) is 0 Å². The Kier molecular flexibility index (Phi) is 3.55. The Bertz CT molecular complexity index is 808. The van der Waals surface area contributed by atoms with Crippen molar-refractivity contribution in [1.29, 1.82) is 0 Å². The Hall–Kier alpha value is -2.07. The number of aryl methyl sites for hydroxylation is 2. The second-order valence-corrected chi connectivity index (χ2v) is 6.00. The standard InChI is InChI=1S/C17H15BrN2O/c1-10-6-7-12(8-11(10)2)15-16(21-20-17(15)19)13-4-3-5-14(18)9-13/h3-9H,1-2H3,(H2,19,20). The van der Waals surface area contributed by atoms with Gasteiger partial charge in [-0.05, 0) is 42.7 Å². The zero-order valence-electron chi connectivity index (χ0n) is 11.9. The molecule has 0 amide bonds. The SMILES string of the molecule is Cc1ccc(-c2c(N)noc2-c2cccc(Br)c2)cc1C. The van der Waals surface area contributed by atoms with E-state index in [-0.39, 0.29) is 0 Å². The first-order valence-electron chi connectivity index (χ1n) is 6.65. The molecule has 0 aliphatic rings. The molecule has 3 nitrogen and oxygen atoms in total. The minimum atomic E-state index is 0.410. The van der Waals surface area contributed by atoms with Gasteiger partial charge in [0.05, 0.1) is 5.56 Å². The second-order valence-electron chi connectivity index (χ2n) is 5.08. The number of benzene rings is 2. The molecule has 0 spiro atoms. The van der Waals surface area contributed by atoms with Crippen molar-refractivity contribution in [3.63, 3.8) is 0 Å². The minimum Gasteiger partial charge on any atom is -0.380 e. The Morgan fingerprint density at radius 2 is 1.81 bits per heavy atom. The van der Waals surface area contributed by atoms with Gasteiger partial charge in [0.2, 0.25) is 0 Å². The lowest BCUT2D eigenvalue weighted by Gasteiger charge is -2.06. The van der Waals surface area contributed by atoms with Crippen LogP contribution in [-0.2, 0) is 0 Å². The van der Waals surface area contributed by atoms with Crippen molar-refractivity contribution in [1.82, 2.24) is 5.16 Å². The van der Waals surface area contributed by atoms with Crippen molar-refractivity contribution in [2.24, 2.45) is 0 Å². The molecule has 0 aliphatic carbocycles. The summed E-state index contributed by atoms with van der Waals surface area (Å²) in [5.74, 6) is 1.10. The number of nitrogens with zero attached hydrogens (tertiary/aromatic N) is 1. The van der Waals surface area contributed by atoms with Gasteiger partial charge in [-0.1, -0.05) is 51.4 Å². The summed E-state index contributed by atoms with van der Waals surface area (Å²) >= 11 is 3.47. The third kappa shape index (κ3) is 2.59. The first-order chi connectivity index (χ1) is 10.1.